The van der Waals surface area contributed by atoms with Crippen molar-refractivity contribution in [2.45, 2.75) is 25.9 Å². The zero-order chi connectivity index (χ0) is 15.4. The average Bonchev–Trinajstić information content (AvgIpc) is 2.47. The van der Waals surface area contributed by atoms with Crippen LogP contribution in [0, 0.1) is 5.82 Å². The molecule has 1 aromatic rings. The van der Waals surface area contributed by atoms with Gasteiger partial charge in [0.25, 0.3) is 0 Å². The van der Waals surface area contributed by atoms with Crippen LogP contribution in [0.2, 0.25) is 0 Å². The molecule has 0 aromatic carbocycles. The van der Waals surface area contributed by atoms with Crippen molar-refractivity contribution in [3.63, 3.8) is 0 Å². The van der Waals surface area contributed by atoms with Gasteiger partial charge in [0.2, 0.25) is 11.9 Å². The fourth-order valence-corrected chi connectivity index (χ4v) is 2.14. The van der Waals surface area contributed by atoms with E-state index in [9.17, 15) is 9.18 Å². The van der Waals surface area contributed by atoms with Crippen LogP contribution in [-0.4, -0.2) is 54.8 Å². The summed E-state index contributed by atoms with van der Waals surface area (Å²) in [5.41, 5.74) is 0. The first-order valence-electron chi connectivity index (χ1n) is 6.88. The number of anilines is 2. The van der Waals surface area contributed by atoms with Gasteiger partial charge in [0, 0.05) is 19.6 Å². The van der Waals surface area contributed by atoms with E-state index >= 15 is 0 Å². The highest BCUT2D eigenvalue weighted by atomic mass is 19.1. The van der Waals surface area contributed by atoms with Crippen LogP contribution in [0.4, 0.5) is 16.2 Å². The predicted octanol–water partition coefficient (Wildman–Crippen LogP) is 0.387. The van der Waals surface area contributed by atoms with Gasteiger partial charge in [0.05, 0.1) is 19.4 Å². The quantitative estimate of drug-likeness (QED) is 0.837. The maximum Gasteiger partial charge on any atom is 0.245 e. The topological polar surface area (TPSA) is 79.4 Å². The molecular formula is C13H20FN5O2. The second kappa shape index (κ2) is 6.66. The summed E-state index contributed by atoms with van der Waals surface area (Å²) in [7, 11) is 1.65. The molecule has 2 heterocycles. The molecule has 0 radical (unpaired) electrons. The van der Waals surface area contributed by atoms with Gasteiger partial charge in [0.1, 0.15) is 6.04 Å². The first-order chi connectivity index (χ1) is 10.0. The first-order valence-corrected chi connectivity index (χ1v) is 6.88. The number of ether oxygens (including phenoxy) is 1. The number of rotatable bonds is 4. The van der Waals surface area contributed by atoms with E-state index < -0.39 is 11.9 Å². The van der Waals surface area contributed by atoms with Crippen LogP contribution < -0.4 is 15.5 Å². The van der Waals surface area contributed by atoms with E-state index in [0.29, 0.717) is 19.1 Å². The Morgan fingerprint density at radius 2 is 2.33 bits per heavy atom. The van der Waals surface area contributed by atoms with Gasteiger partial charge >= 0.3 is 0 Å². The molecule has 0 saturated carbocycles. The second-order valence-corrected chi connectivity index (χ2v) is 5.06. The van der Waals surface area contributed by atoms with E-state index in [0.717, 1.165) is 6.20 Å². The Hall–Kier alpha value is -1.96. The maximum absolute atomic E-state index is 14.0. The van der Waals surface area contributed by atoms with Crippen molar-refractivity contribution in [1.82, 2.24) is 15.3 Å². The third-order valence-corrected chi connectivity index (χ3v) is 3.08. The van der Waals surface area contributed by atoms with E-state index in [2.05, 4.69) is 20.6 Å². The Balaban J connectivity index is 2.28. The van der Waals surface area contributed by atoms with Crippen LogP contribution in [0.5, 0.6) is 0 Å². The number of halogens is 1. The summed E-state index contributed by atoms with van der Waals surface area (Å²) in [4.78, 5) is 21.8. The van der Waals surface area contributed by atoms with Crippen molar-refractivity contribution in [3.8, 4) is 0 Å². The fourth-order valence-electron chi connectivity index (χ4n) is 2.14. The third-order valence-electron chi connectivity index (χ3n) is 3.08. The Bertz CT molecular complexity index is 511. The van der Waals surface area contributed by atoms with Crippen molar-refractivity contribution in [2.24, 2.45) is 0 Å². The van der Waals surface area contributed by atoms with Gasteiger partial charge in [-0.25, -0.2) is 9.37 Å². The number of hydrogen-bond acceptors (Lipinski definition) is 6. The Labute approximate surface area is 122 Å². The molecule has 8 heteroatoms. The summed E-state index contributed by atoms with van der Waals surface area (Å²) in [5, 5.41) is 5.58. The zero-order valence-electron chi connectivity index (χ0n) is 12.4. The molecule has 7 nitrogen and oxygen atoms in total. The number of aromatic nitrogens is 2. The summed E-state index contributed by atoms with van der Waals surface area (Å²) in [6.07, 6.45) is 1.10. The summed E-state index contributed by atoms with van der Waals surface area (Å²) in [5.74, 6) is -0.338. The second-order valence-electron chi connectivity index (χ2n) is 5.06. The van der Waals surface area contributed by atoms with E-state index in [1.165, 1.54) is 0 Å². The molecule has 2 N–H and O–H groups in total. The fraction of sp³-hybridized carbons (Fsp3) is 0.615. The highest BCUT2D eigenvalue weighted by molar-refractivity contribution is 5.85. The normalized spacial score (nSPS) is 18.7. The van der Waals surface area contributed by atoms with Crippen molar-refractivity contribution >= 4 is 17.7 Å². The number of hydrogen-bond donors (Lipinski definition) is 2. The number of carbonyl (C=O) groups excluding carboxylic acids is 1. The van der Waals surface area contributed by atoms with Gasteiger partial charge in [-0.1, -0.05) is 0 Å². The molecular weight excluding hydrogens is 277 g/mol. The van der Waals surface area contributed by atoms with E-state index in [-0.39, 0.29) is 24.4 Å². The van der Waals surface area contributed by atoms with Gasteiger partial charge in [-0.2, -0.15) is 4.98 Å². The standard InChI is InChI=1S/C13H20FN5O2/c1-8(2)17-12(20)10-7-21-5-4-19(10)11-9(14)6-16-13(15-3)18-11/h6,8,10H,4-5,7H2,1-3H3,(H,17,20)(H,15,16,18). The SMILES string of the molecule is CNc1ncc(F)c(N2CCOCC2C(=O)NC(C)C)n1. The molecule has 0 bridgehead atoms. The van der Waals surface area contributed by atoms with Gasteiger partial charge in [-0.05, 0) is 13.8 Å². The lowest BCUT2D eigenvalue weighted by molar-refractivity contribution is -0.125. The molecule has 1 aliphatic heterocycles. The number of amides is 1. The smallest absolute Gasteiger partial charge is 0.245 e. The summed E-state index contributed by atoms with van der Waals surface area (Å²) >= 11 is 0. The minimum atomic E-state index is -0.602. The Kier molecular flexibility index (Phi) is 4.89. The average molecular weight is 297 g/mol. The summed E-state index contributed by atoms with van der Waals surface area (Å²) in [6.45, 7) is 4.76. The van der Waals surface area contributed by atoms with Crippen molar-refractivity contribution in [2.75, 3.05) is 37.0 Å². The van der Waals surface area contributed by atoms with Crippen molar-refractivity contribution in [3.05, 3.63) is 12.0 Å². The Morgan fingerprint density at radius 3 is 3.00 bits per heavy atom. The van der Waals surface area contributed by atoms with Gasteiger partial charge in [0.15, 0.2) is 11.6 Å². The molecule has 1 aromatic heterocycles. The largest absolute Gasteiger partial charge is 0.377 e. The summed E-state index contributed by atoms with van der Waals surface area (Å²) in [6, 6.07) is -0.598. The summed E-state index contributed by atoms with van der Waals surface area (Å²) < 4.78 is 19.4. The molecule has 0 aliphatic carbocycles. The third kappa shape index (κ3) is 3.57. The number of nitrogens with one attached hydrogen (secondary N) is 2. The molecule has 0 spiro atoms. The van der Waals surface area contributed by atoms with E-state index in [1.54, 1.807) is 11.9 Å². The minimum Gasteiger partial charge on any atom is -0.377 e. The molecule has 1 saturated heterocycles. The van der Waals surface area contributed by atoms with Gasteiger partial charge in [-0.3, -0.25) is 4.79 Å². The molecule has 1 atom stereocenters. The predicted molar refractivity (Wildman–Crippen MR) is 76.8 cm³/mol. The van der Waals surface area contributed by atoms with Crippen molar-refractivity contribution < 1.29 is 13.9 Å². The molecule has 1 fully saturated rings. The number of carbonyl (C=O) groups is 1. The molecule has 1 unspecified atom stereocenters. The first kappa shape index (κ1) is 15.4. The maximum atomic E-state index is 14.0. The van der Waals surface area contributed by atoms with Crippen molar-refractivity contribution in [1.29, 1.82) is 0 Å². The van der Waals surface area contributed by atoms with Crippen LogP contribution in [0.15, 0.2) is 6.20 Å². The molecule has 116 valence electrons. The monoisotopic (exact) mass is 297 g/mol. The number of nitrogens with zero attached hydrogens (tertiary/aromatic N) is 3. The highest BCUT2D eigenvalue weighted by Crippen LogP contribution is 2.22. The lowest BCUT2D eigenvalue weighted by atomic mass is 10.2. The number of morpholine rings is 1. The van der Waals surface area contributed by atoms with E-state index in [4.69, 9.17) is 4.74 Å². The Morgan fingerprint density at radius 1 is 1.57 bits per heavy atom. The van der Waals surface area contributed by atoms with E-state index in [1.807, 2.05) is 13.8 Å². The van der Waals surface area contributed by atoms with Gasteiger partial charge < -0.3 is 20.3 Å². The molecule has 2 rings (SSSR count). The van der Waals surface area contributed by atoms with Crippen LogP contribution in [0.3, 0.4) is 0 Å². The van der Waals surface area contributed by atoms with Crippen LogP contribution in [0.1, 0.15) is 13.8 Å². The lowest BCUT2D eigenvalue weighted by Crippen LogP contribution is -2.55. The molecule has 1 amide bonds. The molecule has 1 aliphatic rings. The van der Waals surface area contributed by atoms with Gasteiger partial charge in [-0.15, -0.1) is 0 Å². The van der Waals surface area contributed by atoms with Crippen LogP contribution in [-0.2, 0) is 9.53 Å². The van der Waals surface area contributed by atoms with Crippen LogP contribution in [0.25, 0.3) is 0 Å². The lowest BCUT2D eigenvalue weighted by Gasteiger charge is -2.35. The molecule has 21 heavy (non-hydrogen) atoms. The highest BCUT2D eigenvalue weighted by Gasteiger charge is 2.32. The minimum absolute atomic E-state index is 0.00407. The zero-order valence-corrected chi connectivity index (χ0v) is 12.4. The van der Waals surface area contributed by atoms with Crippen LogP contribution >= 0.6 is 0 Å².